The quantitative estimate of drug-likeness (QED) is 0.358. The lowest BCUT2D eigenvalue weighted by atomic mass is 10.2. The average Bonchev–Trinajstić information content (AvgIpc) is 2.07. The molecule has 0 aliphatic carbocycles. The SMILES string of the molecule is NC(c1cccc(O)c1O)P(=O)(O)O. The molecule has 78 valence electrons. The van der Waals surface area contributed by atoms with Crippen LogP contribution in [0.5, 0.6) is 11.5 Å². The molecule has 0 heterocycles. The maximum absolute atomic E-state index is 10.8. The summed E-state index contributed by atoms with van der Waals surface area (Å²) in [4.78, 5) is 17.5. The van der Waals surface area contributed by atoms with Gasteiger partial charge in [0, 0.05) is 5.56 Å². The molecule has 0 aromatic heterocycles. The summed E-state index contributed by atoms with van der Waals surface area (Å²) >= 11 is 0. The van der Waals surface area contributed by atoms with Crippen LogP contribution in [0, 0.1) is 0 Å². The van der Waals surface area contributed by atoms with Gasteiger partial charge in [-0.05, 0) is 6.07 Å². The third kappa shape index (κ3) is 2.05. The minimum atomic E-state index is -4.52. The molecule has 0 fully saturated rings. The number of hydrogen-bond acceptors (Lipinski definition) is 4. The van der Waals surface area contributed by atoms with Crippen LogP contribution in [-0.2, 0) is 4.57 Å². The standard InChI is InChI=1S/C7H10NO5P/c8-7(14(11,12)13)4-2-1-3-5(9)6(4)10/h1-3,7,9-10H,8H2,(H2,11,12,13). The summed E-state index contributed by atoms with van der Waals surface area (Å²) in [7, 11) is -4.52. The van der Waals surface area contributed by atoms with E-state index < -0.39 is 24.9 Å². The molecule has 6 N–H and O–H groups in total. The molecular weight excluding hydrogens is 209 g/mol. The van der Waals surface area contributed by atoms with Gasteiger partial charge in [-0.25, -0.2) is 0 Å². The molecule has 0 saturated heterocycles. The van der Waals surface area contributed by atoms with Gasteiger partial charge >= 0.3 is 7.60 Å². The normalized spacial score (nSPS) is 13.9. The summed E-state index contributed by atoms with van der Waals surface area (Å²) in [5.74, 6) is -2.70. The molecule has 0 bridgehead atoms. The van der Waals surface area contributed by atoms with E-state index in [0.29, 0.717) is 0 Å². The van der Waals surface area contributed by atoms with Crippen LogP contribution in [0.2, 0.25) is 0 Å². The second-order valence-electron chi connectivity index (χ2n) is 2.75. The predicted molar refractivity (Wildman–Crippen MR) is 48.7 cm³/mol. The lowest BCUT2D eigenvalue weighted by Crippen LogP contribution is -2.10. The predicted octanol–water partition coefficient (Wildman–Crippen LogP) is 0.233. The van der Waals surface area contributed by atoms with Gasteiger partial charge in [0.05, 0.1) is 0 Å². The fourth-order valence-corrected chi connectivity index (χ4v) is 1.54. The Kier molecular flexibility index (Phi) is 2.82. The number of nitrogens with two attached hydrogens (primary N) is 1. The Morgan fingerprint density at radius 3 is 2.36 bits per heavy atom. The number of rotatable bonds is 2. The molecule has 1 aromatic rings. The van der Waals surface area contributed by atoms with E-state index in [0.717, 1.165) is 0 Å². The van der Waals surface area contributed by atoms with Crippen molar-refractivity contribution in [3.63, 3.8) is 0 Å². The molecule has 0 radical (unpaired) electrons. The zero-order chi connectivity index (χ0) is 10.9. The minimum Gasteiger partial charge on any atom is -0.504 e. The van der Waals surface area contributed by atoms with Gasteiger partial charge < -0.3 is 25.7 Å². The van der Waals surface area contributed by atoms with Crippen LogP contribution in [0.4, 0.5) is 0 Å². The summed E-state index contributed by atoms with van der Waals surface area (Å²) in [5.41, 5.74) is 5.03. The Labute approximate surface area is 79.8 Å². The second-order valence-corrected chi connectivity index (χ2v) is 4.48. The van der Waals surface area contributed by atoms with E-state index in [-0.39, 0.29) is 5.56 Å². The summed E-state index contributed by atoms with van der Waals surface area (Å²) in [5, 5.41) is 18.3. The molecule has 1 atom stereocenters. The third-order valence-electron chi connectivity index (χ3n) is 1.73. The average molecular weight is 219 g/mol. The first-order valence-corrected chi connectivity index (χ1v) is 5.34. The lowest BCUT2D eigenvalue weighted by Gasteiger charge is -2.15. The van der Waals surface area contributed by atoms with Gasteiger partial charge in [0.25, 0.3) is 0 Å². The van der Waals surface area contributed by atoms with Crippen LogP contribution in [0.1, 0.15) is 11.3 Å². The Balaban J connectivity index is 3.21. The fraction of sp³-hybridized carbons (Fsp3) is 0.143. The van der Waals surface area contributed by atoms with E-state index in [1.165, 1.54) is 18.2 Å². The van der Waals surface area contributed by atoms with Gasteiger partial charge in [0.15, 0.2) is 11.5 Å². The van der Waals surface area contributed by atoms with Crippen molar-refractivity contribution in [2.75, 3.05) is 0 Å². The molecule has 14 heavy (non-hydrogen) atoms. The summed E-state index contributed by atoms with van der Waals surface area (Å²) in [6.07, 6.45) is 0. The van der Waals surface area contributed by atoms with Crippen LogP contribution in [0.15, 0.2) is 18.2 Å². The topological polar surface area (TPSA) is 124 Å². The molecule has 0 aliphatic heterocycles. The zero-order valence-electron chi connectivity index (χ0n) is 7.03. The van der Waals surface area contributed by atoms with E-state index in [9.17, 15) is 9.67 Å². The fourth-order valence-electron chi connectivity index (χ4n) is 0.969. The van der Waals surface area contributed by atoms with E-state index in [1.807, 2.05) is 0 Å². The van der Waals surface area contributed by atoms with Crippen LogP contribution < -0.4 is 5.73 Å². The second kappa shape index (κ2) is 3.59. The van der Waals surface area contributed by atoms with Crippen molar-refractivity contribution in [1.82, 2.24) is 0 Å². The summed E-state index contributed by atoms with van der Waals surface area (Å²) in [6.45, 7) is 0. The van der Waals surface area contributed by atoms with Gasteiger partial charge in [-0.3, -0.25) is 4.57 Å². The summed E-state index contributed by atoms with van der Waals surface area (Å²) in [6, 6.07) is 3.75. The van der Waals surface area contributed by atoms with Crippen molar-refractivity contribution in [3.8, 4) is 11.5 Å². The van der Waals surface area contributed by atoms with Gasteiger partial charge in [0.2, 0.25) is 0 Å². The first-order chi connectivity index (χ1) is 6.34. The highest BCUT2D eigenvalue weighted by Gasteiger charge is 2.29. The van der Waals surface area contributed by atoms with Gasteiger partial charge in [0.1, 0.15) is 5.78 Å². The molecule has 1 unspecified atom stereocenters. The molecule has 0 saturated carbocycles. The molecule has 0 aliphatic rings. The maximum atomic E-state index is 10.8. The van der Waals surface area contributed by atoms with Crippen molar-refractivity contribution in [3.05, 3.63) is 23.8 Å². The Morgan fingerprint density at radius 1 is 1.29 bits per heavy atom. The van der Waals surface area contributed by atoms with Crippen LogP contribution >= 0.6 is 7.60 Å². The third-order valence-corrected chi connectivity index (χ3v) is 2.73. The highest BCUT2D eigenvalue weighted by molar-refractivity contribution is 7.52. The van der Waals surface area contributed by atoms with Crippen molar-refractivity contribution in [1.29, 1.82) is 0 Å². The van der Waals surface area contributed by atoms with Crippen molar-refractivity contribution < 1.29 is 24.6 Å². The van der Waals surface area contributed by atoms with Crippen LogP contribution in [0.25, 0.3) is 0 Å². The highest BCUT2D eigenvalue weighted by atomic mass is 31.2. The molecule has 1 rings (SSSR count). The van der Waals surface area contributed by atoms with Crippen molar-refractivity contribution in [2.24, 2.45) is 5.73 Å². The van der Waals surface area contributed by atoms with Gasteiger partial charge in [-0.15, -0.1) is 0 Å². The number of phenolic OH excluding ortho intramolecular Hbond substituents is 2. The zero-order valence-corrected chi connectivity index (χ0v) is 7.93. The van der Waals surface area contributed by atoms with Crippen LogP contribution in [0.3, 0.4) is 0 Å². The Hall–Kier alpha value is -1.07. The largest absolute Gasteiger partial charge is 0.504 e. The number of aromatic hydroxyl groups is 2. The maximum Gasteiger partial charge on any atom is 0.346 e. The monoisotopic (exact) mass is 219 g/mol. The van der Waals surface area contributed by atoms with E-state index in [1.54, 1.807) is 0 Å². The number of benzene rings is 1. The lowest BCUT2D eigenvalue weighted by molar-refractivity contribution is 0.355. The first-order valence-electron chi connectivity index (χ1n) is 3.65. The smallest absolute Gasteiger partial charge is 0.346 e. The van der Waals surface area contributed by atoms with E-state index in [4.69, 9.17) is 20.6 Å². The molecule has 0 amide bonds. The molecular formula is C7H10NO5P. The molecule has 6 nitrogen and oxygen atoms in total. The van der Waals surface area contributed by atoms with Crippen LogP contribution in [-0.4, -0.2) is 20.0 Å². The minimum absolute atomic E-state index is 0.182. The number of hydrogen-bond donors (Lipinski definition) is 5. The van der Waals surface area contributed by atoms with Crippen molar-refractivity contribution in [2.45, 2.75) is 5.78 Å². The number of para-hydroxylation sites is 1. The Morgan fingerprint density at radius 2 is 1.86 bits per heavy atom. The van der Waals surface area contributed by atoms with E-state index in [2.05, 4.69) is 0 Å². The number of phenols is 2. The van der Waals surface area contributed by atoms with Gasteiger partial charge in [-0.1, -0.05) is 12.1 Å². The first kappa shape index (κ1) is 11.0. The molecule has 1 aromatic carbocycles. The highest BCUT2D eigenvalue weighted by Crippen LogP contribution is 2.51. The van der Waals surface area contributed by atoms with E-state index >= 15 is 0 Å². The Bertz CT molecular complexity index is 388. The summed E-state index contributed by atoms with van der Waals surface area (Å²) < 4.78 is 10.8. The van der Waals surface area contributed by atoms with Gasteiger partial charge in [-0.2, -0.15) is 0 Å². The molecule has 0 spiro atoms. The van der Waals surface area contributed by atoms with Crippen molar-refractivity contribution >= 4 is 7.60 Å². The molecule has 7 heteroatoms.